The van der Waals surface area contributed by atoms with Crippen LogP contribution in [0.25, 0.3) is 16.8 Å². The SMILES string of the molecule is N#C/C(=C\c1ccc(OCc2cccc3ccccc23)c(Cl)c1)C(=O)Nc1ccc(Br)cc1. The minimum Gasteiger partial charge on any atom is -0.487 e. The van der Waals surface area contributed by atoms with Gasteiger partial charge in [-0.1, -0.05) is 76.1 Å². The number of nitriles is 1. The number of halogens is 2. The van der Waals surface area contributed by atoms with Crippen molar-refractivity contribution in [3.8, 4) is 11.8 Å². The Balaban J connectivity index is 1.48. The number of benzene rings is 4. The van der Waals surface area contributed by atoms with Crippen LogP contribution in [-0.4, -0.2) is 5.91 Å². The molecule has 1 N–H and O–H groups in total. The highest BCUT2D eigenvalue weighted by molar-refractivity contribution is 9.10. The predicted octanol–water partition coefficient (Wildman–Crippen LogP) is 7.38. The number of hydrogen-bond acceptors (Lipinski definition) is 3. The third-order valence-electron chi connectivity index (χ3n) is 5.00. The standard InChI is InChI=1S/C27H18BrClN2O2/c28-22-9-11-23(12-10-22)31-27(32)21(16-30)14-18-8-13-26(25(29)15-18)33-17-20-6-3-5-19-4-1-2-7-24(19)20/h1-15H,17H2,(H,31,32)/b21-14+. The van der Waals surface area contributed by atoms with Crippen molar-refractivity contribution >= 4 is 56.0 Å². The Bertz CT molecular complexity index is 1390. The number of carbonyl (C=O) groups excluding carboxylic acids is 1. The lowest BCUT2D eigenvalue weighted by atomic mass is 10.1. The quantitative estimate of drug-likeness (QED) is 0.214. The lowest BCUT2D eigenvalue weighted by molar-refractivity contribution is -0.112. The van der Waals surface area contributed by atoms with E-state index in [2.05, 4.69) is 39.4 Å². The average molecular weight is 518 g/mol. The molecule has 0 aliphatic heterocycles. The highest BCUT2D eigenvalue weighted by atomic mass is 79.9. The van der Waals surface area contributed by atoms with Crippen LogP contribution in [0.5, 0.6) is 5.75 Å². The van der Waals surface area contributed by atoms with Crippen LogP contribution >= 0.6 is 27.5 Å². The maximum Gasteiger partial charge on any atom is 0.266 e. The van der Waals surface area contributed by atoms with Crippen LogP contribution < -0.4 is 10.1 Å². The first kappa shape index (κ1) is 22.6. The van der Waals surface area contributed by atoms with E-state index in [1.807, 2.05) is 42.5 Å². The van der Waals surface area contributed by atoms with Gasteiger partial charge >= 0.3 is 0 Å². The summed E-state index contributed by atoms with van der Waals surface area (Å²) in [6.07, 6.45) is 1.49. The summed E-state index contributed by atoms with van der Waals surface area (Å²) in [6, 6.07) is 28.4. The summed E-state index contributed by atoms with van der Waals surface area (Å²) < 4.78 is 6.85. The summed E-state index contributed by atoms with van der Waals surface area (Å²) in [5, 5.41) is 14.8. The van der Waals surface area contributed by atoms with Crippen LogP contribution in [0.4, 0.5) is 5.69 Å². The van der Waals surface area contributed by atoms with Crippen LogP contribution in [0, 0.1) is 11.3 Å². The number of nitrogens with one attached hydrogen (secondary N) is 1. The Labute approximate surface area is 205 Å². The van der Waals surface area contributed by atoms with Gasteiger partial charge < -0.3 is 10.1 Å². The molecule has 0 fully saturated rings. The zero-order valence-electron chi connectivity index (χ0n) is 17.4. The van der Waals surface area contributed by atoms with E-state index in [0.717, 1.165) is 20.8 Å². The molecule has 162 valence electrons. The number of ether oxygens (including phenoxy) is 1. The molecule has 0 radical (unpaired) electrons. The Morgan fingerprint density at radius 1 is 1.03 bits per heavy atom. The number of hydrogen-bond donors (Lipinski definition) is 1. The largest absolute Gasteiger partial charge is 0.487 e. The Morgan fingerprint density at radius 2 is 1.79 bits per heavy atom. The molecular formula is C27H18BrClN2O2. The fourth-order valence-corrected chi connectivity index (χ4v) is 3.85. The molecule has 6 heteroatoms. The lowest BCUT2D eigenvalue weighted by Gasteiger charge is -2.11. The van der Waals surface area contributed by atoms with E-state index in [-0.39, 0.29) is 5.57 Å². The molecule has 0 bridgehead atoms. The number of rotatable bonds is 6. The van der Waals surface area contributed by atoms with Crippen molar-refractivity contribution in [2.45, 2.75) is 6.61 Å². The van der Waals surface area contributed by atoms with Crippen LogP contribution in [0.3, 0.4) is 0 Å². The summed E-state index contributed by atoms with van der Waals surface area (Å²) in [5.41, 5.74) is 2.25. The fourth-order valence-electron chi connectivity index (χ4n) is 3.34. The molecule has 0 saturated heterocycles. The third kappa shape index (κ3) is 5.61. The van der Waals surface area contributed by atoms with Gasteiger partial charge in [0.25, 0.3) is 5.91 Å². The minimum absolute atomic E-state index is 0.0293. The monoisotopic (exact) mass is 516 g/mol. The topological polar surface area (TPSA) is 62.1 Å². The van der Waals surface area contributed by atoms with E-state index in [1.54, 1.807) is 30.3 Å². The fraction of sp³-hybridized carbons (Fsp3) is 0.0370. The zero-order valence-corrected chi connectivity index (χ0v) is 19.7. The van der Waals surface area contributed by atoms with Crippen LogP contribution in [0.2, 0.25) is 5.02 Å². The molecule has 0 heterocycles. The van der Waals surface area contributed by atoms with E-state index in [4.69, 9.17) is 16.3 Å². The van der Waals surface area contributed by atoms with Crippen LogP contribution in [0.15, 0.2) is 95.0 Å². The van der Waals surface area contributed by atoms with Gasteiger partial charge in [0.15, 0.2) is 0 Å². The number of nitrogens with zero attached hydrogens (tertiary/aromatic N) is 1. The second-order valence-electron chi connectivity index (χ2n) is 7.25. The smallest absolute Gasteiger partial charge is 0.266 e. The summed E-state index contributed by atoms with van der Waals surface area (Å²) in [6.45, 7) is 0.370. The third-order valence-corrected chi connectivity index (χ3v) is 5.82. The zero-order chi connectivity index (χ0) is 23.2. The maximum absolute atomic E-state index is 12.5. The Hall–Kier alpha value is -3.59. The van der Waals surface area contributed by atoms with E-state index < -0.39 is 5.91 Å². The molecule has 4 nitrogen and oxygen atoms in total. The molecule has 33 heavy (non-hydrogen) atoms. The predicted molar refractivity (Wildman–Crippen MR) is 136 cm³/mol. The summed E-state index contributed by atoms with van der Waals surface area (Å²) >= 11 is 9.77. The van der Waals surface area contributed by atoms with Gasteiger partial charge in [0.2, 0.25) is 0 Å². The number of amides is 1. The van der Waals surface area contributed by atoms with Crippen molar-refractivity contribution in [3.05, 3.63) is 111 Å². The van der Waals surface area contributed by atoms with E-state index in [0.29, 0.717) is 28.6 Å². The molecule has 1 amide bonds. The van der Waals surface area contributed by atoms with Crippen molar-refractivity contribution in [2.75, 3.05) is 5.32 Å². The molecule has 0 spiro atoms. The summed E-state index contributed by atoms with van der Waals surface area (Å²) in [4.78, 5) is 12.5. The summed E-state index contributed by atoms with van der Waals surface area (Å²) in [5.74, 6) is 0.0341. The molecule has 4 rings (SSSR count). The van der Waals surface area contributed by atoms with Crippen molar-refractivity contribution in [2.24, 2.45) is 0 Å². The first-order valence-corrected chi connectivity index (χ1v) is 11.3. The minimum atomic E-state index is -0.493. The molecule has 0 unspecified atom stereocenters. The molecule has 0 aromatic heterocycles. The van der Waals surface area contributed by atoms with Gasteiger partial charge in [0.1, 0.15) is 24.0 Å². The average Bonchev–Trinajstić information content (AvgIpc) is 2.83. The molecule has 4 aromatic rings. The first-order chi connectivity index (χ1) is 16.0. The maximum atomic E-state index is 12.5. The van der Waals surface area contributed by atoms with Gasteiger partial charge in [-0.15, -0.1) is 0 Å². The first-order valence-electron chi connectivity index (χ1n) is 10.1. The van der Waals surface area contributed by atoms with Crippen LogP contribution in [-0.2, 0) is 11.4 Å². The van der Waals surface area contributed by atoms with E-state index in [1.165, 1.54) is 6.08 Å². The van der Waals surface area contributed by atoms with Crippen molar-refractivity contribution in [3.63, 3.8) is 0 Å². The van der Waals surface area contributed by atoms with E-state index in [9.17, 15) is 10.1 Å². The van der Waals surface area contributed by atoms with Gasteiger partial charge in [0.05, 0.1) is 5.02 Å². The highest BCUT2D eigenvalue weighted by Crippen LogP contribution is 2.28. The Morgan fingerprint density at radius 3 is 2.55 bits per heavy atom. The van der Waals surface area contributed by atoms with Gasteiger partial charge in [0, 0.05) is 10.2 Å². The number of fused-ring (bicyclic) bond motifs is 1. The number of carbonyl (C=O) groups is 1. The molecule has 0 atom stereocenters. The normalized spacial score (nSPS) is 11.1. The van der Waals surface area contributed by atoms with Gasteiger partial charge in [-0.2, -0.15) is 5.26 Å². The van der Waals surface area contributed by atoms with Crippen LogP contribution in [0.1, 0.15) is 11.1 Å². The molecular weight excluding hydrogens is 500 g/mol. The Kier molecular flexibility index (Phi) is 7.09. The van der Waals surface area contributed by atoms with Crippen molar-refractivity contribution < 1.29 is 9.53 Å². The molecule has 0 aliphatic rings. The molecule has 4 aromatic carbocycles. The highest BCUT2D eigenvalue weighted by Gasteiger charge is 2.11. The number of anilines is 1. The second kappa shape index (κ2) is 10.4. The molecule has 0 aliphatic carbocycles. The van der Waals surface area contributed by atoms with Crippen molar-refractivity contribution in [1.29, 1.82) is 5.26 Å². The second-order valence-corrected chi connectivity index (χ2v) is 8.57. The van der Waals surface area contributed by atoms with Gasteiger partial charge in [-0.3, -0.25) is 4.79 Å². The van der Waals surface area contributed by atoms with Gasteiger partial charge in [-0.25, -0.2) is 0 Å². The molecule has 0 saturated carbocycles. The summed E-state index contributed by atoms with van der Waals surface area (Å²) in [7, 11) is 0. The lowest BCUT2D eigenvalue weighted by Crippen LogP contribution is -2.13. The van der Waals surface area contributed by atoms with E-state index >= 15 is 0 Å². The van der Waals surface area contributed by atoms with Crippen molar-refractivity contribution in [1.82, 2.24) is 0 Å². The van der Waals surface area contributed by atoms with Gasteiger partial charge in [-0.05, 0) is 64.4 Å².